The smallest absolute Gasteiger partial charge is 0.410 e. The number of methoxy groups -OCH3 is 1. The molecular formula is C31H47N3O6. The number of amides is 2. The number of ether oxygens (including phenoxy) is 3. The summed E-state index contributed by atoms with van der Waals surface area (Å²) in [6.45, 7) is 14.8. The lowest BCUT2D eigenvalue weighted by molar-refractivity contribution is -0.109. The Morgan fingerprint density at radius 2 is 1.45 bits per heavy atom. The van der Waals surface area contributed by atoms with Gasteiger partial charge in [-0.05, 0) is 56.8 Å². The van der Waals surface area contributed by atoms with Crippen molar-refractivity contribution >= 4 is 18.5 Å². The van der Waals surface area contributed by atoms with Crippen LogP contribution in [0, 0.1) is 5.41 Å². The van der Waals surface area contributed by atoms with E-state index in [9.17, 15) is 14.4 Å². The number of carbonyl (C=O) groups is 3. The number of hydrogen-bond donors (Lipinski definition) is 1. The summed E-state index contributed by atoms with van der Waals surface area (Å²) in [5, 5.41) is 0. The van der Waals surface area contributed by atoms with Crippen LogP contribution in [0.2, 0.25) is 0 Å². The van der Waals surface area contributed by atoms with E-state index in [-0.39, 0.29) is 11.5 Å². The zero-order valence-corrected chi connectivity index (χ0v) is 24.9. The third-order valence-corrected chi connectivity index (χ3v) is 5.88. The van der Waals surface area contributed by atoms with Crippen LogP contribution in [0.5, 0.6) is 5.75 Å². The van der Waals surface area contributed by atoms with Crippen molar-refractivity contribution in [2.75, 3.05) is 39.8 Å². The predicted molar refractivity (Wildman–Crippen MR) is 157 cm³/mol. The number of primary amides is 1. The molecule has 1 aliphatic rings. The molecule has 0 unspecified atom stereocenters. The Balaban J connectivity index is 0.000000346. The lowest BCUT2D eigenvalue weighted by Gasteiger charge is -2.36. The molecule has 1 saturated heterocycles. The van der Waals surface area contributed by atoms with E-state index in [1.807, 2.05) is 57.2 Å². The van der Waals surface area contributed by atoms with Crippen LogP contribution in [0.1, 0.15) is 53.0 Å². The second kappa shape index (κ2) is 18.0. The molecule has 2 aromatic rings. The van der Waals surface area contributed by atoms with Crippen LogP contribution in [-0.2, 0) is 20.9 Å². The van der Waals surface area contributed by atoms with Crippen LogP contribution in [0.4, 0.5) is 9.59 Å². The number of benzene rings is 2. The molecule has 0 bridgehead atoms. The topological polar surface area (TPSA) is 111 Å². The third-order valence-electron chi connectivity index (χ3n) is 5.88. The maximum Gasteiger partial charge on any atom is 0.410 e. The Labute approximate surface area is 239 Å². The fourth-order valence-electron chi connectivity index (χ4n) is 3.61. The number of piperazine rings is 1. The highest BCUT2D eigenvalue weighted by molar-refractivity contribution is 5.68. The van der Waals surface area contributed by atoms with Gasteiger partial charge in [-0.3, -0.25) is 4.90 Å². The molecule has 0 atom stereocenters. The quantitative estimate of drug-likeness (QED) is 0.425. The van der Waals surface area contributed by atoms with Gasteiger partial charge < -0.3 is 29.6 Å². The summed E-state index contributed by atoms with van der Waals surface area (Å²) >= 11 is 0. The van der Waals surface area contributed by atoms with Gasteiger partial charge in [0.05, 0.1) is 6.61 Å². The number of para-hydroxylation sites is 1. The van der Waals surface area contributed by atoms with Gasteiger partial charge in [-0.15, -0.1) is 0 Å². The van der Waals surface area contributed by atoms with Gasteiger partial charge in [0.1, 0.15) is 17.6 Å². The number of rotatable bonds is 8. The molecule has 1 heterocycles. The lowest BCUT2D eigenvalue weighted by atomic mass is 9.86. The minimum atomic E-state index is -0.786. The Morgan fingerprint density at radius 1 is 0.900 bits per heavy atom. The first-order valence-electron chi connectivity index (χ1n) is 13.5. The van der Waals surface area contributed by atoms with Crippen LogP contribution >= 0.6 is 0 Å². The van der Waals surface area contributed by atoms with E-state index in [1.165, 1.54) is 5.56 Å². The van der Waals surface area contributed by atoms with E-state index in [4.69, 9.17) is 15.2 Å². The van der Waals surface area contributed by atoms with Crippen molar-refractivity contribution in [2.45, 2.75) is 59.7 Å². The molecule has 1 aliphatic heterocycles. The van der Waals surface area contributed by atoms with Crippen molar-refractivity contribution in [1.82, 2.24) is 9.80 Å². The molecule has 2 N–H and O–H groups in total. The van der Waals surface area contributed by atoms with Gasteiger partial charge >= 0.3 is 12.2 Å². The van der Waals surface area contributed by atoms with Crippen molar-refractivity contribution in [3.05, 3.63) is 66.2 Å². The van der Waals surface area contributed by atoms with E-state index in [2.05, 4.69) is 23.5 Å². The van der Waals surface area contributed by atoms with E-state index in [0.29, 0.717) is 31.9 Å². The molecule has 0 saturated carbocycles. The van der Waals surface area contributed by atoms with E-state index in [0.717, 1.165) is 32.3 Å². The molecule has 3 rings (SSSR count). The summed E-state index contributed by atoms with van der Waals surface area (Å²) in [6.07, 6.45) is 1.60. The van der Waals surface area contributed by atoms with Gasteiger partial charge in [0.2, 0.25) is 0 Å². The first-order chi connectivity index (χ1) is 18.8. The molecule has 1 fully saturated rings. The van der Waals surface area contributed by atoms with Gasteiger partial charge in [0.25, 0.3) is 0 Å². The van der Waals surface area contributed by atoms with Gasteiger partial charge in [-0.2, -0.15) is 0 Å². The van der Waals surface area contributed by atoms with E-state index < -0.39 is 11.7 Å². The number of carbonyl (C=O) groups excluding carboxylic acids is 3. The summed E-state index contributed by atoms with van der Waals surface area (Å²) in [4.78, 5) is 36.9. The summed E-state index contributed by atoms with van der Waals surface area (Å²) in [7, 11) is 1.70. The third kappa shape index (κ3) is 16.5. The van der Waals surface area contributed by atoms with Gasteiger partial charge in [-0.1, -0.05) is 62.4 Å². The lowest BCUT2D eigenvalue weighted by Crippen LogP contribution is -2.50. The number of hydrogen-bond acceptors (Lipinski definition) is 7. The Kier molecular flexibility index (Phi) is 15.6. The molecule has 2 amide bonds. The second-order valence-electron chi connectivity index (χ2n) is 11.2. The largest absolute Gasteiger partial charge is 0.444 e. The second-order valence-corrected chi connectivity index (χ2v) is 11.2. The summed E-state index contributed by atoms with van der Waals surface area (Å²) in [5.41, 5.74) is 5.61. The maximum atomic E-state index is 12.0. The Morgan fingerprint density at radius 3 is 1.93 bits per heavy atom. The fraction of sp³-hybridized carbons (Fsp3) is 0.516. The summed E-state index contributed by atoms with van der Waals surface area (Å²) in [6, 6.07) is 18.8. The van der Waals surface area contributed by atoms with Crippen molar-refractivity contribution < 1.29 is 28.6 Å². The van der Waals surface area contributed by atoms with Crippen LogP contribution in [0.25, 0.3) is 0 Å². The molecule has 0 aliphatic carbocycles. The highest BCUT2D eigenvalue weighted by Gasteiger charge is 2.26. The van der Waals surface area contributed by atoms with Gasteiger partial charge in [0, 0.05) is 39.7 Å². The van der Waals surface area contributed by atoms with Gasteiger partial charge in [0.15, 0.2) is 0 Å². The molecule has 40 heavy (non-hydrogen) atoms. The number of nitrogens with zero attached hydrogens (tertiary/aromatic N) is 2. The van der Waals surface area contributed by atoms with Crippen LogP contribution in [0.3, 0.4) is 0 Å². The minimum absolute atomic E-state index is 0.0596. The first kappa shape index (κ1) is 34.6. The number of nitrogens with two attached hydrogens (primary N) is 1. The van der Waals surface area contributed by atoms with Gasteiger partial charge in [-0.25, -0.2) is 9.59 Å². The zero-order valence-electron chi connectivity index (χ0n) is 24.9. The van der Waals surface area contributed by atoms with Crippen molar-refractivity contribution in [3.8, 4) is 5.75 Å². The van der Waals surface area contributed by atoms with E-state index in [1.54, 1.807) is 36.3 Å². The zero-order chi connectivity index (χ0) is 30.0. The highest BCUT2D eigenvalue weighted by Crippen LogP contribution is 2.24. The average molecular weight is 558 g/mol. The Bertz CT molecular complexity index is 985. The molecule has 222 valence electrons. The standard InChI is InChI=1S/C16H30N2O3.C8H10O.C7H7NO2/c1-15(2,3)21-14(20)18-11-9-17(10-12-18)8-6-16(4,5)7-13-19;1-9-7-8-5-3-2-4-6-8;8-7(9)10-6-4-2-1-3-5-6/h13H,6-12H2,1-5H3;2-6H,7H2,1H3;1-5H,(H2,8,9). The highest BCUT2D eigenvalue weighted by atomic mass is 16.6. The normalized spacial score (nSPS) is 13.6. The first-order valence-corrected chi connectivity index (χ1v) is 13.5. The molecular weight excluding hydrogens is 510 g/mol. The molecule has 0 spiro atoms. The summed E-state index contributed by atoms with van der Waals surface area (Å²) < 4.78 is 14.9. The SMILES string of the molecule is CC(C)(CC=O)CCN1CCN(C(=O)OC(C)(C)C)CC1.COCc1ccccc1.NC(=O)Oc1ccccc1. The number of aldehydes is 1. The fourth-order valence-corrected chi connectivity index (χ4v) is 3.61. The maximum absolute atomic E-state index is 12.0. The molecule has 9 heteroatoms. The molecule has 0 radical (unpaired) electrons. The minimum Gasteiger partial charge on any atom is -0.444 e. The molecule has 2 aromatic carbocycles. The average Bonchev–Trinajstić information content (AvgIpc) is 2.89. The Hall–Kier alpha value is -3.43. The summed E-state index contributed by atoms with van der Waals surface area (Å²) in [5.74, 6) is 0.468. The van der Waals surface area contributed by atoms with Crippen LogP contribution in [0.15, 0.2) is 60.7 Å². The van der Waals surface area contributed by atoms with Crippen molar-refractivity contribution in [1.29, 1.82) is 0 Å². The van der Waals surface area contributed by atoms with Crippen LogP contribution in [-0.4, -0.2) is 73.7 Å². The predicted octanol–water partition coefficient (Wildman–Crippen LogP) is 5.52. The van der Waals surface area contributed by atoms with Crippen molar-refractivity contribution in [3.63, 3.8) is 0 Å². The monoisotopic (exact) mass is 557 g/mol. The molecule has 9 nitrogen and oxygen atoms in total. The van der Waals surface area contributed by atoms with Crippen molar-refractivity contribution in [2.24, 2.45) is 11.1 Å². The van der Waals surface area contributed by atoms with Crippen LogP contribution < -0.4 is 10.5 Å². The van der Waals surface area contributed by atoms with E-state index >= 15 is 0 Å². The molecule has 0 aromatic heterocycles.